The minimum absolute atomic E-state index is 0.232. The van der Waals surface area contributed by atoms with Gasteiger partial charge in [0.15, 0.2) is 0 Å². The van der Waals surface area contributed by atoms with E-state index in [0.29, 0.717) is 26.8 Å². The lowest BCUT2D eigenvalue weighted by atomic mass is 10.1. The third-order valence-electron chi connectivity index (χ3n) is 3.18. The van der Waals surface area contributed by atoms with E-state index in [4.69, 9.17) is 16.4 Å². The summed E-state index contributed by atoms with van der Waals surface area (Å²) in [6.07, 6.45) is -4.83. The van der Waals surface area contributed by atoms with Crippen LogP contribution in [-0.2, 0) is 24.1 Å². The first-order chi connectivity index (χ1) is 11.2. The molecule has 0 aliphatic carbocycles. The number of H-pyrrole nitrogens is 1. The predicted molar refractivity (Wildman–Crippen MR) is 80.7 cm³/mol. The van der Waals surface area contributed by atoms with Gasteiger partial charge in [0.2, 0.25) is 0 Å². The van der Waals surface area contributed by atoms with Gasteiger partial charge in [0.1, 0.15) is 5.69 Å². The Labute approximate surface area is 138 Å². The average Bonchev–Trinajstić information content (AvgIpc) is 2.49. The van der Waals surface area contributed by atoms with Gasteiger partial charge in [-0.1, -0.05) is 23.7 Å². The van der Waals surface area contributed by atoms with Crippen LogP contribution in [0.3, 0.4) is 0 Å². The number of hydrogen-bond donors (Lipinski definition) is 2. The maximum atomic E-state index is 13.1. The normalized spacial score (nSPS) is 11.7. The minimum Gasteiger partial charge on any atom is -0.305 e. The molecule has 2 aromatic rings. The molecule has 0 saturated heterocycles. The second kappa shape index (κ2) is 7.20. The maximum absolute atomic E-state index is 13.1. The van der Waals surface area contributed by atoms with E-state index in [1.165, 1.54) is 19.2 Å². The Hall–Kier alpha value is -2.10. The van der Waals surface area contributed by atoms with Crippen molar-refractivity contribution < 1.29 is 18.0 Å². The van der Waals surface area contributed by atoms with Gasteiger partial charge in [-0.25, -0.2) is 4.79 Å². The van der Waals surface area contributed by atoms with E-state index in [1.807, 2.05) is 4.98 Å². The molecule has 6 nitrogen and oxygen atoms in total. The Balaban J connectivity index is 2.45. The fraction of sp³-hybridized carbons (Fsp3) is 0.286. The fourth-order valence-electron chi connectivity index (χ4n) is 2.11. The summed E-state index contributed by atoms with van der Waals surface area (Å²) < 4.78 is 39.6. The molecule has 0 radical (unpaired) electrons. The van der Waals surface area contributed by atoms with Gasteiger partial charge in [-0.15, -0.1) is 0 Å². The van der Waals surface area contributed by atoms with Crippen LogP contribution in [0.1, 0.15) is 16.8 Å². The maximum Gasteiger partial charge on any atom is 0.431 e. The molecular formula is C14H13ClF3N3O3. The molecule has 0 unspecified atom stereocenters. The molecule has 10 heteroatoms. The Morgan fingerprint density at radius 3 is 2.62 bits per heavy atom. The van der Waals surface area contributed by atoms with E-state index >= 15 is 0 Å². The average molecular weight is 364 g/mol. The van der Waals surface area contributed by atoms with Gasteiger partial charge in [0.25, 0.3) is 5.56 Å². The van der Waals surface area contributed by atoms with E-state index in [0.717, 1.165) is 0 Å². The second-order valence-corrected chi connectivity index (χ2v) is 5.27. The number of benzene rings is 1. The molecule has 2 N–H and O–H groups in total. The summed E-state index contributed by atoms with van der Waals surface area (Å²) in [6, 6.07) is 4.90. The van der Waals surface area contributed by atoms with Crippen LogP contribution in [-0.4, -0.2) is 16.7 Å². The monoisotopic (exact) mass is 363 g/mol. The van der Waals surface area contributed by atoms with Gasteiger partial charge in [-0.3, -0.25) is 14.3 Å². The zero-order valence-electron chi connectivity index (χ0n) is 12.4. The van der Waals surface area contributed by atoms with Crippen LogP contribution >= 0.6 is 11.6 Å². The van der Waals surface area contributed by atoms with E-state index in [2.05, 4.69) is 5.48 Å². The molecule has 1 aromatic carbocycles. The quantitative estimate of drug-likeness (QED) is 0.796. The molecule has 2 rings (SSSR count). The first-order valence-corrected chi connectivity index (χ1v) is 7.04. The summed E-state index contributed by atoms with van der Waals surface area (Å²) in [6.45, 7) is -0.141. The number of nitrogens with zero attached hydrogens (tertiary/aromatic N) is 1. The van der Waals surface area contributed by atoms with Gasteiger partial charge in [0.05, 0.1) is 13.7 Å². The van der Waals surface area contributed by atoms with E-state index in [1.54, 1.807) is 6.07 Å². The lowest BCUT2D eigenvalue weighted by Gasteiger charge is -2.15. The highest BCUT2D eigenvalue weighted by Gasteiger charge is 2.35. The molecule has 0 aliphatic heterocycles. The first-order valence-electron chi connectivity index (χ1n) is 6.67. The summed E-state index contributed by atoms with van der Waals surface area (Å²) in [5.41, 5.74) is 0.00360. The van der Waals surface area contributed by atoms with Crippen LogP contribution in [0.4, 0.5) is 13.2 Å². The molecule has 0 bridgehead atoms. The Kier molecular flexibility index (Phi) is 5.47. The minimum atomic E-state index is -4.83. The van der Waals surface area contributed by atoms with Crippen molar-refractivity contribution >= 4 is 11.6 Å². The third-order valence-corrected chi connectivity index (χ3v) is 3.55. The third kappa shape index (κ3) is 4.25. The van der Waals surface area contributed by atoms with E-state index in [9.17, 15) is 22.8 Å². The Morgan fingerprint density at radius 2 is 2.00 bits per heavy atom. The molecular weight excluding hydrogens is 351 g/mol. The molecule has 0 saturated carbocycles. The number of alkyl halides is 3. The molecule has 1 heterocycles. The highest BCUT2D eigenvalue weighted by molar-refractivity contribution is 6.31. The second-order valence-electron chi connectivity index (χ2n) is 4.86. The summed E-state index contributed by atoms with van der Waals surface area (Å²) in [7, 11) is 1.41. The zero-order chi connectivity index (χ0) is 17.9. The number of hydrogen-bond acceptors (Lipinski definition) is 4. The van der Waals surface area contributed by atoms with Crippen LogP contribution in [0, 0.1) is 0 Å². The summed E-state index contributed by atoms with van der Waals surface area (Å²) in [5, 5.41) is 0.396. The molecule has 0 amide bonds. The van der Waals surface area contributed by atoms with Crippen molar-refractivity contribution in [2.24, 2.45) is 0 Å². The van der Waals surface area contributed by atoms with Crippen molar-refractivity contribution in [2.45, 2.75) is 19.3 Å². The first kappa shape index (κ1) is 18.2. The zero-order valence-corrected chi connectivity index (χ0v) is 13.2. The number of aromatic nitrogens is 2. The molecule has 0 atom stereocenters. The lowest BCUT2D eigenvalue weighted by Crippen LogP contribution is -2.35. The summed E-state index contributed by atoms with van der Waals surface area (Å²) in [5.74, 6) is 0. The molecule has 0 spiro atoms. The van der Waals surface area contributed by atoms with Crippen molar-refractivity contribution in [3.05, 3.63) is 66.9 Å². The number of halogens is 4. The molecule has 24 heavy (non-hydrogen) atoms. The molecule has 1 aromatic heterocycles. The SMILES string of the molecule is CONCc1cc(Cn2c(C(F)(F)F)cc(=O)[nH]c2=O)ccc1Cl. The Morgan fingerprint density at radius 1 is 1.29 bits per heavy atom. The van der Waals surface area contributed by atoms with Gasteiger partial charge in [-0.2, -0.15) is 18.7 Å². The van der Waals surface area contributed by atoms with Crippen molar-refractivity contribution in [2.75, 3.05) is 7.11 Å². The summed E-state index contributed by atoms with van der Waals surface area (Å²) >= 11 is 6.00. The van der Waals surface area contributed by atoms with Crippen molar-refractivity contribution in [1.29, 1.82) is 0 Å². The van der Waals surface area contributed by atoms with Gasteiger partial charge in [-0.05, 0) is 17.2 Å². The van der Waals surface area contributed by atoms with Gasteiger partial charge in [0, 0.05) is 17.6 Å². The number of nitrogens with one attached hydrogen (secondary N) is 2. The molecule has 130 valence electrons. The fourth-order valence-corrected chi connectivity index (χ4v) is 2.29. The van der Waals surface area contributed by atoms with Gasteiger partial charge < -0.3 is 4.84 Å². The van der Waals surface area contributed by atoms with Crippen molar-refractivity contribution in [1.82, 2.24) is 15.0 Å². The van der Waals surface area contributed by atoms with Crippen LogP contribution < -0.4 is 16.7 Å². The van der Waals surface area contributed by atoms with E-state index < -0.39 is 23.1 Å². The molecule has 0 aliphatic rings. The largest absolute Gasteiger partial charge is 0.431 e. The Bertz CT molecular complexity index is 846. The number of rotatable bonds is 5. The smallest absolute Gasteiger partial charge is 0.305 e. The molecule has 0 fully saturated rings. The standard InChI is InChI=1S/C14H13ClF3N3O3/c1-24-19-6-9-4-8(2-3-10(9)15)7-21-11(14(16,17)18)5-12(22)20-13(21)23/h2-5,19H,6-7H2,1H3,(H,20,22,23). The van der Waals surface area contributed by atoms with Crippen LogP contribution in [0.25, 0.3) is 0 Å². The summed E-state index contributed by atoms with van der Waals surface area (Å²) in [4.78, 5) is 29.5. The lowest BCUT2D eigenvalue weighted by molar-refractivity contribution is -0.144. The van der Waals surface area contributed by atoms with Crippen LogP contribution in [0.2, 0.25) is 5.02 Å². The number of aromatic amines is 1. The van der Waals surface area contributed by atoms with Crippen LogP contribution in [0.5, 0.6) is 0 Å². The van der Waals surface area contributed by atoms with E-state index in [-0.39, 0.29) is 13.1 Å². The highest BCUT2D eigenvalue weighted by Crippen LogP contribution is 2.28. The van der Waals surface area contributed by atoms with Crippen molar-refractivity contribution in [3.8, 4) is 0 Å². The highest BCUT2D eigenvalue weighted by atomic mass is 35.5. The van der Waals surface area contributed by atoms with Crippen LogP contribution in [0.15, 0.2) is 33.9 Å². The topological polar surface area (TPSA) is 76.1 Å². The van der Waals surface area contributed by atoms with Crippen molar-refractivity contribution in [3.63, 3.8) is 0 Å². The number of hydroxylamine groups is 1. The van der Waals surface area contributed by atoms with Gasteiger partial charge >= 0.3 is 11.9 Å². The predicted octanol–water partition coefficient (Wildman–Crippen LogP) is 1.91.